The van der Waals surface area contributed by atoms with Crippen LogP contribution in [0.3, 0.4) is 0 Å². The number of hydrogen-bond donors (Lipinski definition) is 1. The highest BCUT2D eigenvalue weighted by molar-refractivity contribution is 5.68. The van der Waals surface area contributed by atoms with Crippen LogP contribution in [0.15, 0.2) is 0 Å². The summed E-state index contributed by atoms with van der Waals surface area (Å²) in [6.07, 6.45) is 7.85. The molecule has 1 aliphatic heterocycles. The van der Waals surface area contributed by atoms with E-state index in [0.29, 0.717) is 12.0 Å². The van der Waals surface area contributed by atoms with Gasteiger partial charge in [-0.25, -0.2) is 4.79 Å². The summed E-state index contributed by atoms with van der Waals surface area (Å²) in [5, 5.41) is 3.31. The second kappa shape index (κ2) is 6.81. The summed E-state index contributed by atoms with van der Waals surface area (Å²) in [7, 11) is 1.96. The van der Waals surface area contributed by atoms with Crippen molar-refractivity contribution in [1.29, 1.82) is 0 Å². The Morgan fingerprint density at radius 3 is 2.79 bits per heavy atom. The van der Waals surface area contributed by atoms with Crippen LogP contribution < -0.4 is 5.32 Å². The lowest BCUT2D eigenvalue weighted by Gasteiger charge is -2.26. The number of carbonyl (C=O) groups excluding carboxylic acids is 1. The molecular formula is C15H26N2O2. The Balaban J connectivity index is 2.48. The van der Waals surface area contributed by atoms with Crippen LogP contribution in [0, 0.1) is 18.3 Å². The number of nitrogens with one attached hydrogen (secondary N) is 1. The van der Waals surface area contributed by atoms with Crippen LogP contribution in [0.1, 0.15) is 40.0 Å². The van der Waals surface area contributed by atoms with E-state index in [2.05, 4.69) is 11.2 Å². The van der Waals surface area contributed by atoms with E-state index in [-0.39, 0.29) is 6.09 Å². The highest BCUT2D eigenvalue weighted by Gasteiger charge is 2.33. The van der Waals surface area contributed by atoms with Crippen molar-refractivity contribution in [3.63, 3.8) is 0 Å². The Kier molecular flexibility index (Phi) is 5.68. The Morgan fingerprint density at radius 2 is 2.26 bits per heavy atom. The predicted molar refractivity (Wildman–Crippen MR) is 76.8 cm³/mol. The lowest BCUT2D eigenvalue weighted by molar-refractivity contribution is 0.0285. The third kappa shape index (κ3) is 5.12. The van der Waals surface area contributed by atoms with Crippen molar-refractivity contribution in [2.24, 2.45) is 5.92 Å². The molecule has 108 valence electrons. The molecule has 4 heteroatoms. The van der Waals surface area contributed by atoms with Gasteiger partial charge in [-0.1, -0.05) is 0 Å². The molecule has 0 spiro atoms. The zero-order valence-corrected chi connectivity index (χ0v) is 12.5. The summed E-state index contributed by atoms with van der Waals surface area (Å²) in [4.78, 5) is 13.8. The molecule has 1 N–H and O–H groups in total. The van der Waals surface area contributed by atoms with Gasteiger partial charge in [-0.05, 0) is 46.6 Å². The van der Waals surface area contributed by atoms with Crippen molar-refractivity contribution in [1.82, 2.24) is 10.2 Å². The second-order valence-corrected chi connectivity index (χ2v) is 6.11. The normalized spacial score (nSPS) is 21.0. The fourth-order valence-corrected chi connectivity index (χ4v) is 2.46. The van der Waals surface area contributed by atoms with Gasteiger partial charge < -0.3 is 15.0 Å². The smallest absolute Gasteiger partial charge is 0.410 e. The van der Waals surface area contributed by atoms with E-state index in [1.807, 2.05) is 27.8 Å². The van der Waals surface area contributed by atoms with Crippen LogP contribution in [-0.2, 0) is 4.74 Å². The molecule has 0 saturated carbocycles. The van der Waals surface area contributed by atoms with E-state index in [9.17, 15) is 4.79 Å². The third-order valence-corrected chi connectivity index (χ3v) is 3.42. The molecule has 1 amide bonds. The monoisotopic (exact) mass is 266 g/mol. The number of nitrogens with zero attached hydrogens (tertiary/aromatic N) is 1. The second-order valence-electron chi connectivity index (χ2n) is 6.11. The van der Waals surface area contributed by atoms with Crippen LogP contribution in [0.25, 0.3) is 0 Å². The third-order valence-electron chi connectivity index (χ3n) is 3.42. The molecule has 0 radical (unpaired) electrons. The number of hydrogen-bond acceptors (Lipinski definition) is 3. The Bertz CT molecular complexity index is 341. The van der Waals surface area contributed by atoms with Crippen molar-refractivity contribution in [3.05, 3.63) is 0 Å². The fraction of sp³-hybridized carbons (Fsp3) is 0.800. The van der Waals surface area contributed by atoms with Crippen molar-refractivity contribution < 1.29 is 9.53 Å². The molecule has 0 aromatic rings. The summed E-state index contributed by atoms with van der Waals surface area (Å²) >= 11 is 0. The van der Waals surface area contributed by atoms with Crippen LogP contribution >= 0.6 is 0 Å². The molecule has 2 unspecified atom stereocenters. The molecule has 1 heterocycles. The maximum Gasteiger partial charge on any atom is 0.410 e. The fourth-order valence-electron chi connectivity index (χ4n) is 2.46. The van der Waals surface area contributed by atoms with E-state index in [4.69, 9.17) is 11.2 Å². The summed E-state index contributed by atoms with van der Waals surface area (Å²) in [5.74, 6) is 3.14. The lowest BCUT2D eigenvalue weighted by Crippen LogP contribution is -2.38. The number of terminal acetylenes is 1. The van der Waals surface area contributed by atoms with E-state index in [1.54, 1.807) is 4.90 Å². The summed E-state index contributed by atoms with van der Waals surface area (Å²) in [6, 6.07) is 0.378. The van der Waals surface area contributed by atoms with Gasteiger partial charge in [0.2, 0.25) is 0 Å². The predicted octanol–water partition coefficient (Wildman–Crippen LogP) is 2.24. The van der Waals surface area contributed by atoms with Gasteiger partial charge in [0.1, 0.15) is 5.60 Å². The number of likely N-dealkylation sites (tertiary alicyclic amines) is 1. The average molecular weight is 266 g/mol. The van der Waals surface area contributed by atoms with Crippen molar-refractivity contribution in [2.75, 3.05) is 20.1 Å². The minimum absolute atomic E-state index is 0.207. The Hall–Kier alpha value is -1.21. The summed E-state index contributed by atoms with van der Waals surface area (Å²) in [6.45, 7) is 7.20. The summed E-state index contributed by atoms with van der Waals surface area (Å²) in [5.41, 5.74) is -0.430. The average Bonchev–Trinajstić information content (AvgIpc) is 2.77. The molecule has 0 aromatic heterocycles. The molecule has 1 rings (SSSR count). The minimum atomic E-state index is -0.430. The Morgan fingerprint density at radius 1 is 1.58 bits per heavy atom. The van der Waals surface area contributed by atoms with E-state index >= 15 is 0 Å². The van der Waals surface area contributed by atoms with Crippen LogP contribution in [0.4, 0.5) is 4.79 Å². The van der Waals surface area contributed by atoms with Gasteiger partial charge >= 0.3 is 6.09 Å². The highest BCUT2D eigenvalue weighted by atomic mass is 16.6. The first-order valence-electron chi connectivity index (χ1n) is 6.96. The molecule has 1 aliphatic rings. The van der Waals surface area contributed by atoms with Crippen LogP contribution in [0.2, 0.25) is 0 Å². The van der Waals surface area contributed by atoms with Crippen molar-refractivity contribution in [3.8, 4) is 12.3 Å². The number of carbonyl (C=O) groups is 1. The highest BCUT2D eigenvalue weighted by Crippen LogP contribution is 2.24. The van der Waals surface area contributed by atoms with Gasteiger partial charge in [0.15, 0.2) is 0 Å². The first kappa shape index (κ1) is 15.8. The van der Waals surface area contributed by atoms with Gasteiger partial charge in [-0.15, -0.1) is 12.3 Å². The molecule has 1 fully saturated rings. The Labute approximate surface area is 116 Å². The van der Waals surface area contributed by atoms with Gasteiger partial charge in [-0.3, -0.25) is 0 Å². The van der Waals surface area contributed by atoms with E-state index in [1.165, 1.54) is 0 Å². The van der Waals surface area contributed by atoms with Gasteiger partial charge in [-0.2, -0.15) is 0 Å². The topological polar surface area (TPSA) is 41.6 Å². The molecular weight excluding hydrogens is 240 g/mol. The number of rotatable bonds is 4. The molecule has 1 saturated heterocycles. The van der Waals surface area contributed by atoms with Crippen LogP contribution in [0.5, 0.6) is 0 Å². The molecule has 19 heavy (non-hydrogen) atoms. The zero-order valence-electron chi connectivity index (χ0n) is 12.5. The van der Waals surface area contributed by atoms with Gasteiger partial charge in [0.05, 0.1) is 0 Å². The largest absolute Gasteiger partial charge is 0.444 e. The molecule has 0 aliphatic carbocycles. The molecule has 0 bridgehead atoms. The molecule has 0 aromatic carbocycles. The number of amides is 1. The van der Waals surface area contributed by atoms with E-state index in [0.717, 1.165) is 32.4 Å². The maximum atomic E-state index is 12.0. The molecule has 4 nitrogen and oxygen atoms in total. The van der Waals surface area contributed by atoms with Gasteiger partial charge in [0, 0.05) is 25.6 Å². The maximum absolute atomic E-state index is 12.0. The first-order valence-corrected chi connectivity index (χ1v) is 6.96. The lowest BCUT2D eigenvalue weighted by atomic mass is 9.95. The van der Waals surface area contributed by atoms with E-state index < -0.39 is 5.60 Å². The van der Waals surface area contributed by atoms with Gasteiger partial charge in [0.25, 0.3) is 0 Å². The van der Waals surface area contributed by atoms with Crippen molar-refractivity contribution >= 4 is 6.09 Å². The quantitative estimate of drug-likeness (QED) is 0.794. The number of ether oxygens (including phenoxy) is 1. The zero-order chi connectivity index (χ0) is 14.5. The minimum Gasteiger partial charge on any atom is -0.444 e. The van der Waals surface area contributed by atoms with Crippen LogP contribution in [-0.4, -0.2) is 42.8 Å². The SMILES string of the molecule is C#CCCC(NC)C1CCN(C(=O)OC(C)(C)C)C1. The van der Waals surface area contributed by atoms with Crippen molar-refractivity contribution in [2.45, 2.75) is 51.7 Å². The molecule has 2 atom stereocenters. The first-order chi connectivity index (χ1) is 8.87. The summed E-state index contributed by atoms with van der Waals surface area (Å²) < 4.78 is 5.40. The standard InChI is InChI=1S/C15H26N2O2/c1-6-7-8-13(16-5)12-9-10-17(11-12)14(18)19-15(2,3)4/h1,12-13,16H,7-11H2,2-5H3.